The van der Waals surface area contributed by atoms with E-state index in [-0.39, 0.29) is 16.6 Å². The quantitative estimate of drug-likeness (QED) is 0.645. The molecule has 9 heteroatoms. The number of nitrogens with one attached hydrogen (secondary N) is 1. The summed E-state index contributed by atoms with van der Waals surface area (Å²) in [5, 5.41) is 1.66. The minimum Gasteiger partial charge on any atom is -0.483 e. The lowest BCUT2D eigenvalue weighted by atomic mass is 10.1. The molecule has 0 aromatic heterocycles. The van der Waals surface area contributed by atoms with Gasteiger partial charge in [0.2, 0.25) is 0 Å². The van der Waals surface area contributed by atoms with Gasteiger partial charge in [-0.1, -0.05) is 42.5 Å². The molecular formula is C16H16F2NO5P. The molecule has 1 amide bonds. The third-order valence-electron chi connectivity index (χ3n) is 3.24. The van der Waals surface area contributed by atoms with Crippen LogP contribution in [0.15, 0.2) is 54.6 Å². The monoisotopic (exact) mass is 371 g/mol. The minimum atomic E-state index is -4.57. The number of alkyl halides is 2. The molecule has 6 nitrogen and oxygen atoms in total. The molecule has 0 saturated carbocycles. The lowest BCUT2D eigenvalue weighted by Gasteiger charge is -2.17. The van der Waals surface area contributed by atoms with Gasteiger partial charge in [-0.3, -0.25) is 9.36 Å². The van der Waals surface area contributed by atoms with Gasteiger partial charge in [-0.2, -0.15) is 8.78 Å². The molecule has 0 fully saturated rings. The van der Waals surface area contributed by atoms with Crippen molar-refractivity contribution < 1.29 is 32.7 Å². The smallest absolute Gasteiger partial charge is 0.359 e. The Hall–Kier alpha value is -2.28. The second-order valence-electron chi connectivity index (χ2n) is 5.15. The highest BCUT2D eigenvalue weighted by Gasteiger charge is 2.31. The third kappa shape index (κ3) is 5.35. The second-order valence-corrected chi connectivity index (χ2v) is 6.72. The Kier molecular flexibility index (Phi) is 5.89. The summed E-state index contributed by atoms with van der Waals surface area (Å²) in [6.07, 6.45) is 0. The summed E-state index contributed by atoms with van der Waals surface area (Å²) in [6, 6.07) is 12.3. The van der Waals surface area contributed by atoms with E-state index in [4.69, 9.17) is 4.74 Å². The number of benzene rings is 2. The molecule has 134 valence electrons. The van der Waals surface area contributed by atoms with Crippen molar-refractivity contribution in [1.82, 2.24) is 5.32 Å². The lowest BCUT2D eigenvalue weighted by Crippen LogP contribution is -2.37. The van der Waals surface area contributed by atoms with Gasteiger partial charge in [0.15, 0.2) is 6.61 Å². The van der Waals surface area contributed by atoms with Crippen molar-refractivity contribution in [3.63, 3.8) is 0 Å². The first-order chi connectivity index (χ1) is 11.7. The van der Waals surface area contributed by atoms with Gasteiger partial charge < -0.3 is 19.8 Å². The van der Waals surface area contributed by atoms with Crippen LogP contribution in [-0.4, -0.2) is 28.8 Å². The highest BCUT2D eigenvalue weighted by Crippen LogP contribution is 2.37. The summed E-state index contributed by atoms with van der Waals surface area (Å²) >= 11 is 0. The van der Waals surface area contributed by atoms with Gasteiger partial charge >= 0.3 is 7.60 Å². The van der Waals surface area contributed by atoms with Crippen molar-refractivity contribution in [2.45, 2.75) is 5.92 Å². The molecule has 0 radical (unpaired) electrons. The maximum Gasteiger partial charge on any atom is 0.359 e. The van der Waals surface area contributed by atoms with E-state index in [2.05, 4.69) is 0 Å². The van der Waals surface area contributed by atoms with Gasteiger partial charge in [0, 0.05) is 5.56 Å². The zero-order valence-electron chi connectivity index (χ0n) is 12.9. The SMILES string of the molecule is O=C(COc1ccccc1P(=O)(O)O)NCC(F)(F)c1ccccc1. The first-order valence-electron chi connectivity index (χ1n) is 7.18. The Morgan fingerprint density at radius 2 is 1.68 bits per heavy atom. The van der Waals surface area contributed by atoms with E-state index in [1.807, 2.05) is 5.32 Å². The van der Waals surface area contributed by atoms with Crippen molar-refractivity contribution in [3.05, 3.63) is 60.2 Å². The minimum absolute atomic E-state index is 0.180. The van der Waals surface area contributed by atoms with Crippen LogP contribution in [0.5, 0.6) is 5.75 Å². The molecular weight excluding hydrogens is 355 g/mol. The number of carbonyl (C=O) groups excluding carboxylic acids is 1. The van der Waals surface area contributed by atoms with Crippen molar-refractivity contribution in [2.24, 2.45) is 0 Å². The average molecular weight is 371 g/mol. The summed E-state index contributed by atoms with van der Waals surface area (Å²) in [4.78, 5) is 30.1. The van der Waals surface area contributed by atoms with Crippen LogP contribution in [0.4, 0.5) is 8.78 Å². The average Bonchev–Trinajstić information content (AvgIpc) is 2.58. The second kappa shape index (κ2) is 7.74. The number of hydrogen-bond donors (Lipinski definition) is 3. The van der Waals surface area contributed by atoms with Crippen molar-refractivity contribution in [1.29, 1.82) is 0 Å². The molecule has 0 spiro atoms. The predicted molar refractivity (Wildman–Crippen MR) is 87.0 cm³/mol. The topological polar surface area (TPSA) is 95.9 Å². The third-order valence-corrected chi connectivity index (χ3v) is 4.24. The first kappa shape index (κ1) is 19.1. The van der Waals surface area contributed by atoms with Crippen LogP contribution in [0.25, 0.3) is 0 Å². The van der Waals surface area contributed by atoms with Crippen molar-refractivity contribution in [2.75, 3.05) is 13.2 Å². The number of ether oxygens (including phenoxy) is 1. The molecule has 2 aromatic carbocycles. The Bertz CT molecular complexity index is 779. The van der Waals surface area contributed by atoms with Crippen LogP contribution in [0, 0.1) is 0 Å². The number of hydrogen-bond acceptors (Lipinski definition) is 3. The normalized spacial score (nSPS) is 11.8. The van der Waals surface area contributed by atoms with Crippen LogP contribution >= 0.6 is 7.60 Å². The number of carbonyl (C=O) groups is 1. The zero-order chi connectivity index (χ0) is 18.5. The summed E-state index contributed by atoms with van der Waals surface area (Å²) in [7, 11) is -4.57. The molecule has 0 bridgehead atoms. The number of amides is 1. The van der Waals surface area contributed by atoms with E-state index in [9.17, 15) is 27.9 Å². The molecule has 0 aliphatic heterocycles. The van der Waals surface area contributed by atoms with Crippen LogP contribution in [0.1, 0.15) is 5.56 Å². The van der Waals surface area contributed by atoms with Gasteiger partial charge in [0.05, 0.1) is 6.54 Å². The van der Waals surface area contributed by atoms with E-state index in [1.54, 1.807) is 6.07 Å². The van der Waals surface area contributed by atoms with E-state index in [0.717, 1.165) is 6.07 Å². The largest absolute Gasteiger partial charge is 0.483 e. The summed E-state index contributed by atoms with van der Waals surface area (Å²) in [5.74, 6) is -4.27. The summed E-state index contributed by atoms with van der Waals surface area (Å²) in [5.41, 5.74) is -0.233. The van der Waals surface area contributed by atoms with Crippen LogP contribution in [0.2, 0.25) is 0 Å². The van der Waals surface area contributed by atoms with Gasteiger partial charge in [0.25, 0.3) is 11.8 Å². The van der Waals surface area contributed by atoms with Gasteiger partial charge in [-0.25, -0.2) is 0 Å². The molecule has 0 atom stereocenters. The molecule has 2 aromatic rings. The fourth-order valence-corrected chi connectivity index (χ4v) is 2.71. The first-order valence-corrected chi connectivity index (χ1v) is 8.79. The number of rotatable bonds is 7. The van der Waals surface area contributed by atoms with Crippen LogP contribution < -0.4 is 15.4 Å². The molecule has 3 N–H and O–H groups in total. The fourth-order valence-electron chi connectivity index (χ4n) is 2.01. The molecule has 0 heterocycles. The highest BCUT2D eigenvalue weighted by molar-refractivity contribution is 7.60. The van der Waals surface area contributed by atoms with Gasteiger partial charge in [0.1, 0.15) is 11.1 Å². The predicted octanol–water partition coefficient (Wildman–Crippen LogP) is 1.78. The molecule has 0 aliphatic rings. The number of halogens is 2. The van der Waals surface area contributed by atoms with Crippen LogP contribution in [-0.2, 0) is 15.3 Å². The molecule has 25 heavy (non-hydrogen) atoms. The van der Waals surface area contributed by atoms with E-state index >= 15 is 0 Å². The Morgan fingerprint density at radius 1 is 1.08 bits per heavy atom. The van der Waals surface area contributed by atoms with Crippen LogP contribution in [0.3, 0.4) is 0 Å². The molecule has 0 aliphatic carbocycles. The van der Waals surface area contributed by atoms with Gasteiger partial charge in [-0.15, -0.1) is 0 Å². The summed E-state index contributed by atoms with van der Waals surface area (Å²) < 4.78 is 44.3. The highest BCUT2D eigenvalue weighted by atomic mass is 31.2. The number of para-hydroxylation sites is 1. The molecule has 2 rings (SSSR count). The lowest BCUT2D eigenvalue weighted by molar-refractivity contribution is -0.125. The van der Waals surface area contributed by atoms with E-state index in [1.165, 1.54) is 42.5 Å². The Morgan fingerprint density at radius 3 is 2.32 bits per heavy atom. The maximum atomic E-state index is 13.9. The maximum absolute atomic E-state index is 13.9. The molecule has 0 saturated heterocycles. The van der Waals surface area contributed by atoms with Gasteiger partial charge in [-0.05, 0) is 12.1 Å². The van der Waals surface area contributed by atoms with Crippen molar-refractivity contribution in [3.8, 4) is 5.75 Å². The zero-order valence-corrected chi connectivity index (χ0v) is 13.8. The Labute approximate surface area is 142 Å². The van der Waals surface area contributed by atoms with E-state index < -0.39 is 32.6 Å². The summed E-state index contributed by atoms with van der Waals surface area (Å²) in [6.45, 7) is -1.57. The standard InChI is InChI=1S/C16H16F2NO5P/c17-16(18,12-6-2-1-3-7-12)11-19-15(20)10-24-13-8-4-5-9-14(13)25(21,22)23/h1-9H,10-11H2,(H,19,20)(H2,21,22,23). The molecule has 0 unspecified atom stereocenters. The Balaban J connectivity index is 1.93. The van der Waals surface area contributed by atoms with E-state index in [0.29, 0.717) is 0 Å². The van der Waals surface area contributed by atoms with Crippen molar-refractivity contribution >= 4 is 18.8 Å². The fraction of sp³-hybridized carbons (Fsp3) is 0.188.